The van der Waals surface area contributed by atoms with Gasteiger partial charge in [0.2, 0.25) is 0 Å². The van der Waals surface area contributed by atoms with Crippen LogP contribution in [0.2, 0.25) is 0 Å². The Labute approximate surface area is 99.3 Å². The van der Waals surface area contributed by atoms with E-state index in [9.17, 15) is 0 Å². The van der Waals surface area contributed by atoms with Crippen LogP contribution >= 0.6 is 0 Å². The second-order valence-corrected chi connectivity index (χ2v) is 5.14. The molecule has 1 unspecified atom stereocenters. The molecule has 1 atom stereocenters. The summed E-state index contributed by atoms with van der Waals surface area (Å²) < 4.78 is 0. The second kappa shape index (κ2) is 5.01. The van der Waals surface area contributed by atoms with Gasteiger partial charge in [-0.1, -0.05) is 43.7 Å². The standard InChI is InChI=1S/C15H23N/c1-3-8-13(2)16-15(11-7-12-15)14-9-5-4-6-10-14/h4-6,9-10,13,16H,3,7-8,11-12H2,1-2H3. The topological polar surface area (TPSA) is 12.0 Å². The fraction of sp³-hybridized carbons (Fsp3) is 0.600. The summed E-state index contributed by atoms with van der Waals surface area (Å²) in [5, 5.41) is 3.85. The average molecular weight is 217 g/mol. The van der Waals surface area contributed by atoms with Crippen LogP contribution in [0.4, 0.5) is 0 Å². The molecule has 2 rings (SSSR count). The fourth-order valence-electron chi connectivity index (χ4n) is 2.78. The Balaban J connectivity index is 2.08. The molecule has 1 heteroatoms. The van der Waals surface area contributed by atoms with Crippen molar-refractivity contribution < 1.29 is 0 Å². The van der Waals surface area contributed by atoms with E-state index >= 15 is 0 Å². The van der Waals surface area contributed by atoms with Gasteiger partial charge in [-0.05, 0) is 38.2 Å². The zero-order valence-corrected chi connectivity index (χ0v) is 10.5. The van der Waals surface area contributed by atoms with Gasteiger partial charge in [-0.15, -0.1) is 0 Å². The molecule has 1 nitrogen and oxygen atoms in total. The maximum atomic E-state index is 3.85. The smallest absolute Gasteiger partial charge is 0.0436 e. The van der Waals surface area contributed by atoms with Gasteiger partial charge < -0.3 is 5.32 Å². The largest absolute Gasteiger partial charge is 0.305 e. The molecule has 1 fully saturated rings. The minimum Gasteiger partial charge on any atom is -0.305 e. The third-order valence-corrected chi connectivity index (χ3v) is 3.78. The van der Waals surface area contributed by atoms with Gasteiger partial charge in [-0.3, -0.25) is 0 Å². The molecule has 1 saturated carbocycles. The van der Waals surface area contributed by atoms with Gasteiger partial charge in [0.25, 0.3) is 0 Å². The summed E-state index contributed by atoms with van der Waals surface area (Å²) in [7, 11) is 0. The van der Waals surface area contributed by atoms with Gasteiger partial charge in [-0.2, -0.15) is 0 Å². The van der Waals surface area contributed by atoms with Crippen LogP contribution in [0.15, 0.2) is 30.3 Å². The number of hydrogen-bond acceptors (Lipinski definition) is 1. The quantitative estimate of drug-likeness (QED) is 0.790. The Kier molecular flexibility index (Phi) is 3.65. The van der Waals surface area contributed by atoms with Crippen molar-refractivity contribution in [3.63, 3.8) is 0 Å². The van der Waals surface area contributed by atoms with Gasteiger partial charge in [0.05, 0.1) is 0 Å². The van der Waals surface area contributed by atoms with Gasteiger partial charge in [0.15, 0.2) is 0 Å². The number of benzene rings is 1. The van der Waals surface area contributed by atoms with E-state index in [1.54, 1.807) is 0 Å². The molecule has 1 N–H and O–H groups in total. The van der Waals surface area contributed by atoms with Crippen molar-refractivity contribution in [1.82, 2.24) is 5.32 Å². The van der Waals surface area contributed by atoms with Crippen LogP contribution in [0.5, 0.6) is 0 Å². The molecule has 0 saturated heterocycles. The summed E-state index contributed by atoms with van der Waals surface area (Å²) in [6, 6.07) is 11.6. The Morgan fingerprint density at radius 2 is 1.94 bits per heavy atom. The molecule has 0 aromatic heterocycles. The van der Waals surface area contributed by atoms with Crippen molar-refractivity contribution in [3.05, 3.63) is 35.9 Å². The van der Waals surface area contributed by atoms with Crippen LogP contribution in [0.1, 0.15) is 51.5 Å². The molecule has 16 heavy (non-hydrogen) atoms. The Hall–Kier alpha value is -0.820. The zero-order chi connectivity index (χ0) is 11.4. The average Bonchev–Trinajstić information content (AvgIpc) is 2.25. The first kappa shape index (κ1) is 11.7. The summed E-state index contributed by atoms with van der Waals surface area (Å²) >= 11 is 0. The molecule has 0 bridgehead atoms. The van der Waals surface area contributed by atoms with E-state index in [-0.39, 0.29) is 5.54 Å². The van der Waals surface area contributed by atoms with Crippen LogP contribution in [-0.2, 0) is 5.54 Å². The van der Waals surface area contributed by atoms with E-state index < -0.39 is 0 Å². The summed E-state index contributed by atoms with van der Waals surface area (Å²) in [6.45, 7) is 4.57. The molecule has 88 valence electrons. The van der Waals surface area contributed by atoms with E-state index in [1.165, 1.54) is 37.7 Å². The minimum atomic E-state index is 0.288. The highest BCUT2D eigenvalue weighted by Crippen LogP contribution is 2.41. The summed E-state index contributed by atoms with van der Waals surface area (Å²) in [5.41, 5.74) is 1.76. The molecule has 0 heterocycles. The number of hydrogen-bond donors (Lipinski definition) is 1. The van der Waals surface area contributed by atoms with E-state index in [4.69, 9.17) is 0 Å². The predicted octanol–water partition coefficient (Wildman–Crippen LogP) is 3.84. The lowest BCUT2D eigenvalue weighted by molar-refractivity contribution is 0.164. The van der Waals surface area contributed by atoms with E-state index in [0.29, 0.717) is 6.04 Å². The van der Waals surface area contributed by atoms with Crippen molar-refractivity contribution in [3.8, 4) is 0 Å². The molecular formula is C15H23N. The van der Waals surface area contributed by atoms with Crippen LogP contribution < -0.4 is 5.32 Å². The minimum absolute atomic E-state index is 0.288. The molecular weight excluding hydrogens is 194 g/mol. The lowest BCUT2D eigenvalue weighted by atomic mass is 9.71. The fourth-order valence-corrected chi connectivity index (χ4v) is 2.78. The van der Waals surface area contributed by atoms with Gasteiger partial charge >= 0.3 is 0 Å². The number of rotatable bonds is 5. The molecule has 0 spiro atoms. The van der Waals surface area contributed by atoms with Gasteiger partial charge in [-0.25, -0.2) is 0 Å². The zero-order valence-electron chi connectivity index (χ0n) is 10.5. The second-order valence-electron chi connectivity index (χ2n) is 5.14. The normalized spacial score (nSPS) is 20.1. The maximum Gasteiger partial charge on any atom is 0.0436 e. The van der Waals surface area contributed by atoms with Gasteiger partial charge in [0.1, 0.15) is 0 Å². The lowest BCUT2D eigenvalue weighted by Crippen LogP contribution is -2.51. The van der Waals surface area contributed by atoms with Gasteiger partial charge in [0, 0.05) is 11.6 Å². The number of nitrogens with one attached hydrogen (secondary N) is 1. The van der Waals surface area contributed by atoms with Crippen LogP contribution in [0.25, 0.3) is 0 Å². The SMILES string of the molecule is CCCC(C)NC1(c2ccccc2)CCC1. The van der Waals surface area contributed by atoms with Crippen LogP contribution in [-0.4, -0.2) is 6.04 Å². The Morgan fingerprint density at radius 3 is 2.44 bits per heavy atom. The maximum absolute atomic E-state index is 3.85. The van der Waals surface area contributed by atoms with Crippen molar-refractivity contribution in [2.24, 2.45) is 0 Å². The van der Waals surface area contributed by atoms with Crippen LogP contribution in [0.3, 0.4) is 0 Å². The first-order valence-electron chi connectivity index (χ1n) is 6.60. The van der Waals surface area contributed by atoms with E-state index in [1.807, 2.05) is 0 Å². The monoisotopic (exact) mass is 217 g/mol. The van der Waals surface area contributed by atoms with Crippen molar-refractivity contribution in [1.29, 1.82) is 0 Å². The van der Waals surface area contributed by atoms with E-state index in [0.717, 1.165) is 0 Å². The third kappa shape index (κ3) is 2.30. The molecule has 0 aliphatic heterocycles. The highest BCUT2D eigenvalue weighted by Gasteiger charge is 2.38. The summed E-state index contributed by atoms with van der Waals surface area (Å²) in [4.78, 5) is 0. The van der Waals surface area contributed by atoms with Crippen molar-refractivity contribution in [2.45, 2.75) is 57.5 Å². The van der Waals surface area contributed by atoms with Crippen molar-refractivity contribution in [2.75, 3.05) is 0 Å². The third-order valence-electron chi connectivity index (χ3n) is 3.78. The molecule has 1 aromatic rings. The highest BCUT2D eigenvalue weighted by atomic mass is 15.0. The lowest BCUT2D eigenvalue weighted by Gasteiger charge is -2.45. The first-order valence-corrected chi connectivity index (χ1v) is 6.60. The Bertz CT molecular complexity index is 313. The van der Waals surface area contributed by atoms with Crippen molar-refractivity contribution >= 4 is 0 Å². The van der Waals surface area contributed by atoms with E-state index in [2.05, 4.69) is 49.5 Å². The Morgan fingerprint density at radius 1 is 1.25 bits per heavy atom. The first-order chi connectivity index (χ1) is 7.77. The summed E-state index contributed by atoms with van der Waals surface area (Å²) in [5.74, 6) is 0. The van der Waals surface area contributed by atoms with Crippen LogP contribution in [0, 0.1) is 0 Å². The molecule has 0 radical (unpaired) electrons. The highest BCUT2D eigenvalue weighted by molar-refractivity contribution is 5.27. The summed E-state index contributed by atoms with van der Waals surface area (Å²) in [6.07, 6.45) is 6.49. The predicted molar refractivity (Wildman–Crippen MR) is 69.5 cm³/mol. The molecule has 1 aliphatic rings. The molecule has 1 aliphatic carbocycles. The molecule has 1 aromatic carbocycles. The molecule has 0 amide bonds.